The van der Waals surface area contributed by atoms with E-state index in [1.54, 1.807) is 11.8 Å². The van der Waals surface area contributed by atoms with E-state index in [2.05, 4.69) is 19.1 Å². The molecule has 4 aliphatic rings. The maximum atomic E-state index is 6.48. The van der Waals surface area contributed by atoms with Gasteiger partial charge in [0, 0.05) is 17.0 Å². The van der Waals surface area contributed by atoms with Crippen LogP contribution in [0.4, 0.5) is 5.69 Å². The van der Waals surface area contributed by atoms with Crippen LogP contribution in [0.5, 0.6) is 0 Å². The third-order valence-corrected chi connectivity index (χ3v) is 7.23. The van der Waals surface area contributed by atoms with Crippen molar-refractivity contribution in [2.75, 3.05) is 6.61 Å². The first-order valence-corrected chi connectivity index (χ1v) is 10.6. The molecule has 152 valence electrons. The Labute approximate surface area is 169 Å². The third-order valence-electron chi connectivity index (χ3n) is 5.68. The van der Waals surface area contributed by atoms with Crippen LogP contribution in [0.1, 0.15) is 41.0 Å². The Morgan fingerprint density at radius 2 is 1.79 bits per heavy atom. The standard InChI is InChI=1S/C21H27NO5S/c1-12-10-21(28-15-9-7-6-8-13(15)22-12)16(14-11-23-19(2,3)25-14)24-18-17(21)26-20(4,5)27-18/h6-9,14,16-18H,10-11H2,1-5H3/t14-,16-,17-,18-,21+/m0/s1. The number of thioether (sulfide) groups is 1. The van der Waals surface area contributed by atoms with E-state index in [0.717, 1.165) is 22.7 Å². The summed E-state index contributed by atoms with van der Waals surface area (Å²) in [5.41, 5.74) is 2.05. The fourth-order valence-electron chi connectivity index (χ4n) is 4.69. The first-order chi connectivity index (χ1) is 13.2. The number of para-hydroxylation sites is 1. The molecule has 1 aromatic rings. The zero-order chi connectivity index (χ0) is 19.7. The Kier molecular flexibility index (Phi) is 4.26. The zero-order valence-electron chi connectivity index (χ0n) is 16.9. The minimum Gasteiger partial charge on any atom is -0.348 e. The molecule has 7 heteroatoms. The average Bonchev–Trinajstić information content (AvgIpc) is 3.15. The van der Waals surface area contributed by atoms with E-state index in [9.17, 15) is 0 Å². The van der Waals surface area contributed by atoms with E-state index in [-0.39, 0.29) is 18.3 Å². The van der Waals surface area contributed by atoms with Gasteiger partial charge in [-0.2, -0.15) is 0 Å². The number of benzene rings is 1. The number of ether oxygens (including phenoxy) is 5. The fourth-order valence-corrected chi connectivity index (χ4v) is 6.34. The highest BCUT2D eigenvalue weighted by atomic mass is 32.2. The lowest BCUT2D eigenvalue weighted by Gasteiger charge is -2.39. The molecule has 0 unspecified atom stereocenters. The summed E-state index contributed by atoms with van der Waals surface area (Å²) in [6.45, 7) is 10.3. The van der Waals surface area contributed by atoms with Gasteiger partial charge >= 0.3 is 0 Å². The summed E-state index contributed by atoms with van der Waals surface area (Å²) in [7, 11) is 0. The van der Waals surface area contributed by atoms with Gasteiger partial charge in [0.1, 0.15) is 18.3 Å². The van der Waals surface area contributed by atoms with E-state index in [1.165, 1.54) is 0 Å². The smallest absolute Gasteiger partial charge is 0.189 e. The molecule has 0 amide bonds. The van der Waals surface area contributed by atoms with Crippen LogP contribution in [-0.4, -0.2) is 53.2 Å². The molecular formula is C21H27NO5S. The summed E-state index contributed by atoms with van der Waals surface area (Å²) < 4.78 is 30.7. The summed E-state index contributed by atoms with van der Waals surface area (Å²) in [5, 5.41) is 0. The van der Waals surface area contributed by atoms with Crippen molar-refractivity contribution >= 4 is 23.2 Å². The molecule has 5 rings (SSSR count). The van der Waals surface area contributed by atoms with Crippen molar-refractivity contribution in [3.63, 3.8) is 0 Å². The number of nitrogens with zero attached hydrogens (tertiary/aromatic N) is 1. The number of fused-ring (bicyclic) bond motifs is 3. The van der Waals surface area contributed by atoms with Crippen LogP contribution >= 0.6 is 11.8 Å². The molecule has 0 saturated carbocycles. The Hall–Kier alpha value is -0.960. The highest BCUT2D eigenvalue weighted by Gasteiger charge is 2.67. The summed E-state index contributed by atoms with van der Waals surface area (Å²) in [4.78, 5) is 6.00. The van der Waals surface area contributed by atoms with Gasteiger partial charge in [-0.25, -0.2) is 0 Å². The molecule has 5 atom stereocenters. The van der Waals surface area contributed by atoms with Crippen molar-refractivity contribution in [2.45, 2.75) is 86.9 Å². The molecule has 0 N–H and O–H groups in total. The normalized spacial score (nSPS) is 40.8. The molecule has 3 saturated heterocycles. The maximum Gasteiger partial charge on any atom is 0.189 e. The minimum atomic E-state index is -0.683. The predicted octanol–water partition coefficient (Wildman–Crippen LogP) is 4.04. The topological polar surface area (TPSA) is 58.5 Å². The van der Waals surface area contributed by atoms with Gasteiger partial charge in [0.25, 0.3) is 0 Å². The minimum absolute atomic E-state index is 0.193. The van der Waals surface area contributed by atoms with Crippen LogP contribution in [0.25, 0.3) is 0 Å². The van der Waals surface area contributed by atoms with Gasteiger partial charge in [-0.1, -0.05) is 12.1 Å². The molecule has 1 spiro atoms. The number of hydrogen-bond donors (Lipinski definition) is 0. The van der Waals surface area contributed by atoms with Crippen LogP contribution in [-0.2, 0) is 23.7 Å². The summed E-state index contributed by atoms with van der Waals surface area (Å²) in [6, 6.07) is 8.24. The highest BCUT2D eigenvalue weighted by Crippen LogP contribution is 2.57. The lowest BCUT2D eigenvalue weighted by atomic mass is 9.88. The van der Waals surface area contributed by atoms with E-state index in [0.29, 0.717) is 6.61 Å². The van der Waals surface area contributed by atoms with Crippen molar-refractivity contribution in [1.82, 2.24) is 0 Å². The molecule has 28 heavy (non-hydrogen) atoms. The summed E-state index contributed by atoms with van der Waals surface area (Å²) in [6.07, 6.45) is -0.347. The Balaban J connectivity index is 1.59. The lowest BCUT2D eigenvalue weighted by molar-refractivity contribution is -0.224. The van der Waals surface area contributed by atoms with Crippen LogP contribution in [0.15, 0.2) is 34.2 Å². The van der Waals surface area contributed by atoms with Gasteiger partial charge in [0.15, 0.2) is 17.9 Å². The van der Waals surface area contributed by atoms with E-state index < -0.39 is 22.6 Å². The average molecular weight is 406 g/mol. The van der Waals surface area contributed by atoms with Gasteiger partial charge in [-0.15, -0.1) is 11.8 Å². The maximum absolute atomic E-state index is 6.48. The van der Waals surface area contributed by atoms with Crippen LogP contribution < -0.4 is 0 Å². The second-order valence-corrected chi connectivity index (χ2v) is 10.3. The molecule has 4 aliphatic heterocycles. The monoisotopic (exact) mass is 405 g/mol. The molecule has 0 aliphatic carbocycles. The Morgan fingerprint density at radius 3 is 2.54 bits per heavy atom. The predicted molar refractivity (Wildman–Crippen MR) is 106 cm³/mol. The van der Waals surface area contributed by atoms with Gasteiger partial charge in [-0.3, -0.25) is 4.99 Å². The second kappa shape index (κ2) is 6.27. The van der Waals surface area contributed by atoms with Crippen LogP contribution in [0.2, 0.25) is 0 Å². The largest absolute Gasteiger partial charge is 0.348 e. The fraction of sp³-hybridized carbons (Fsp3) is 0.667. The number of aliphatic imine (C=N–C) groups is 1. The van der Waals surface area contributed by atoms with E-state index in [1.807, 2.05) is 39.8 Å². The highest BCUT2D eigenvalue weighted by molar-refractivity contribution is 8.01. The molecule has 1 aromatic carbocycles. The molecule has 4 heterocycles. The van der Waals surface area contributed by atoms with Crippen molar-refractivity contribution in [2.24, 2.45) is 4.99 Å². The molecule has 0 aromatic heterocycles. The van der Waals surface area contributed by atoms with Crippen molar-refractivity contribution in [1.29, 1.82) is 0 Å². The Bertz CT molecular complexity index is 825. The molecule has 0 radical (unpaired) electrons. The zero-order valence-corrected chi connectivity index (χ0v) is 17.7. The van der Waals surface area contributed by atoms with Crippen molar-refractivity contribution in [3.05, 3.63) is 24.3 Å². The van der Waals surface area contributed by atoms with Crippen LogP contribution in [0.3, 0.4) is 0 Å². The molecule has 0 bridgehead atoms. The van der Waals surface area contributed by atoms with Gasteiger partial charge in [-0.05, 0) is 46.8 Å². The number of rotatable bonds is 1. The third kappa shape index (κ3) is 3.04. The van der Waals surface area contributed by atoms with E-state index >= 15 is 0 Å². The molecular weight excluding hydrogens is 378 g/mol. The number of hydrogen-bond acceptors (Lipinski definition) is 7. The molecule has 6 nitrogen and oxygen atoms in total. The summed E-state index contributed by atoms with van der Waals surface area (Å²) >= 11 is 1.78. The second-order valence-electron chi connectivity index (χ2n) is 8.90. The van der Waals surface area contributed by atoms with Crippen molar-refractivity contribution in [3.8, 4) is 0 Å². The van der Waals surface area contributed by atoms with Gasteiger partial charge < -0.3 is 23.7 Å². The van der Waals surface area contributed by atoms with E-state index in [4.69, 9.17) is 28.7 Å². The first kappa shape index (κ1) is 19.0. The van der Waals surface area contributed by atoms with Crippen molar-refractivity contribution < 1.29 is 23.7 Å². The van der Waals surface area contributed by atoms with Crippen LogP contribution in [0, 0.1) is 0 Å². The van der Waals surface area contributed by atoms with Gasteiger partial charge in [0.2, 0.25) is 0 Å². The first-order valence-electron chi connectivity index (χ1n) is 9.83. The Morgan fingerprint density at radius 1 is 1.00 bits per heavy atom. The van der Waals surface area contributed by atoms with Gasteiger partial charge in [0.05, 0.1) is 17.0 Å². The SMILES string of the molecule is CC1=Nc2ccccc2S[C@@]2(C1)[C@H]1OC(C)(C)O[C@@H]1O[C@H]2[C@@H]1COC(C)(C)O1. The summed E-state index contributed by atoms with van der Waals surface area (Å²) in [5.74, 6) is -1.30. The quantitative estimate of drug-likeness (QED) is 0.703. The lowest BCUT2D eigenvalue weighted by Crippen LogP contribution is -2.52. The molecule has 3 fully saturated rings.